The highest BCUT2D eigenvalue weighted by atomic mass is 35.5. The monoisotopic (exact) mass is 628 g/mol. The van der Waals surface area contributed by atoms with Gasteiger partial charge >= 0.3 is 5.97 Å². The normalized spacial score (nSPS) is 12.0. The second-order valence-electron chi connectivity index (χ2n) is 10.2. The number of carboxylic acid groups (broad SMARTS) is 1. The lowest BCUT2D eigenvalue weighted by Gasteiger charge is -2.17. The maximum Gasteiger partial charge on any atom is 0.338 e. The lowest BCUT2D eigenvalue weighted by atomic mass is 10.0. The third-order valence-corrected chi connectivity index (χ3v) is 7.74. The summed E-state index contributed by atoms with van der Waals surface area (Å²) in [4.78, 5) is 32.7. The van der Waals surface area contributed by atoms with Gasteiger partial charge < -0.3 is 21.1 Å². The lowest BCUT2D eigenvalue weighted by Crippen LogP contribution is -2.31. The molecule has 13 heteroatoms. The number of aromatic carboxylic acids is 1. The number of rotatable bonds is 10. The van der Waals surface area contributed by atoms with Crippen LogP contribution in [0, 0.1) is 0 Å². The van der Waals surface area contributed by atoms with Gasteiger partial charge in [-0.2, -0.15) is 10.2 Å². The van der Waals surface area contributed by atoms with E-state index in [1.54, 1.807) is 18.2 Å². The Balaban J connectivity index is 1.24. The molecule has 0 aliphatic heterocycles. The average molecular weight is 630 g/mol. The fourth-order valence-electron chi connectivity index (χ4n) is 5.04. The number of amides is 1. The predicted molar refractivity (Wildman–Crippen MR) is 168 cm³/mol. The van der Waals surface area contributed by atoms with Crippen LogP contribution in [0.1, 0.15) is 39.8 Å². The lowest BCUT2D eigenvalue weighted by molar-refractivity contribution is -0.121. The number of H-pyrrole nitrogens is 2. The highest BCUT2D eigenvalue weighted by molar-refractivity contribution is 6.32. The Kier molecular flexibility index (Phi) is 8.05. The molecule has 222 valence electrons. The third kappa shape index (κ3) is 6.14. The number of nitrogens with one attached hydrogen (secondary N) is 3. The highest BCUT2D eigenvalue weighted by Crippen LogP contribution is 2.31. The number of aromatic nitrogens is 6. The number of aromatic amines is 2. The molecular weight excluding hydrogens is 603 g/mol. The molecule has 0 aliphatic rings. The summed E-state index contributed by atoms with van der Waals surface area (Å²) in [6.07, 6.45) is 3.62. The van der Waals surface area contributed by atoms with Gasteiger partial charge in [0, 0.05) is 28.6 Å². The number of anilines is 1. The second-order valence-corrected chi connectivity index (χ2v) is 11.0. The molecule has 11 nitrogen and oxygen atoms in total. The van der Waals surface area contributed by atoms with E-state index in [0.717, 1.165) is 27.6 Å². The largest absolute Gasteiger partial charge is 0.478 e. The summed E-state index contributed by atoms with van der Waals surface area (Å²) in [5.74, 6) is -0.381. The Labute approximate surface area is 261 Å². The molecule has 0 bridgehead atoms. The Morgan fingerprint density at radius 2 is 1.89 bits per heavy atom. The van der Waals surface area contributed by atoms with Crippen LogP contribution in [-0.4, -0.2) is 46.9 Å². The zero-order valence-electron chi connectivity index (χ0n) is 23.1. The number of nitrogens with zero attached hydrogens (tertiary/aromatic N) is 4. The molecule has 1 atom stereocenters. The van der Waals surface area contributed by atoms with Gasteiger partial charge in [0.2, 0.25) is 5.91 Å². The van der Waals surface area contributed by atoms with Crippen LogP contribution in [-0.2, 0) is 17.6 Å². The van der Waals surface area contributed by atoms with Gasteiger partial charge in [0.05, 0.1) is 29.0 Å². The number of aryl methyl sites for hydroxylation is 1. The number of carbonyl (C=O) groups is 2. The minimum Gasteiger partial charge on any atom is -0.478 e. The van der Waals surface area contributed by atoms with Crippen molar-refractivity contribution in [3.63, 3.8) is 0 Å². The van der Waals surface area contributed by atoms with E-state index in [1.165, 1.54) is 17.1 Å². The van der Waals surface area contributed by atoms with Gasteiger partial charge in [0.15, 0.2) is 5.82 Å². The number of nitrogen functional groups attached to an aromatic ring is 1. The first-order chi connectivity index (χ1) is 21.2. The Morgan fingerprint density at radius 1 is 1.07 bits per heavy atom. The number of hydrogen-bond acceptors (Lipinski definition) is 6. The molecule has 6 aromatic rings. The summed E-state index contributed by atoms with van der Waals surface area (Å²) < 4.78 is 1.46. The SMILES string of the molecule is Nc1n[nH]c2cc(-c3nc([C@H](Cc4ccccc4)NC(=O)CCc4cc(Cl)ccc4-n4cc(C(=O)O)cn4)[nH]c3Cl)ccc12. The van der Waals surface area contributed by atoms with Crippen LogP contribution in [0.3, 0.4) is 0 Å². The van der Waals surface area contributed by atoms with Crippen molar-refractivity contribution in [3.05, 3.63) is 112 Å². The highest BCUT2D eigenvalue weighted by Gasteiger charge is 2.22. The van der Waals surface area contributed by atoms with Gasteiger partial charge in [-0.25, -0.2) is 14.5 Å². The third-order valence-electron chi connectivity index (χ3n) is 7.23. The van der Waals surface area contributed by atoms with Crippen LogP contribution in [0.5, 0.6) is 0 Å². The van der Waals surface area contributed by atoms with Crippen molar-refractivity contribution in [2.45, 2.75) is 25.3 Å². The topological polar surface area (TPSA) is 168 Å². The molecule has 0 spiro atoms. The van der Waals surface area contributed by atoms with Crippen molar-refractivity contribution in [2.24, 2.45) is 0 Å². The number of hydrogen-bond donors (Lipinski definition) is 5. The second kappa shape index (κ2) is 12.2. The van der Waals surface area contributed by atoms with Crippen LogP contribution in [0.2, 0.25) is 10.2 Å². The maximum atomic E-state index is 13.4. The van der Waals surface area contributed by atoms with E-state index in [9.17, 15) is 14.7 Å². The van der Waals surface area contributed by atoms with Gasteiger partial charge in [0.1, 0.15) is 16.7 Å². The van der Waals surface area contributed by atoms with Gasteiger partial charge in [-0.1, -0.05) is 59.6 Å². The van der Waals surface area contributed by atoms with Gasteiger partial charge in [0.25, 0.3) is 0 Å². The maximum absolute atomic E-state index is 13.4. The number of imidazole rings is 1. The summed E-state index contributed by atoms with van der Waals surface area (Å²) in [7, 11) is 0. The number of benzene rings is 3. The van der Waals surface area contributed by atoms with Crippen LogP contribution in [0.4, 0.5) is 5.82 Å². The summed E-state index contributed by atoms with van der Waals surface area (Å²) in [5, 5.41) is 25.2. The predicted octanol–water partition coefficient (Wildman–Crippen LogP) is 5.76. The molecule has 6 rings (SSSR count). The Morgan fingerprint density at radius 3 is 2.66 bits per heavy atom. The van der Waals surface area contributed by atoms with Crippen molar-refractivity contribution >= 4 is 51.8 Å². The smallest absolute Gasteiger partial charge is 0.338 e. The van der Waals surface area contributed by atoms with Crippen molar-refractivity contribution < 1.29 is 14.7 Å². The van der Waals surface area contributed by atoms with E-state index in [2.05, 4.69) is 25.6 Å². The molecule has 3 aromatic heterocycles. The van der Waals surface area contributed by atoms with E-state index in [-0.39, 0.29) is 17.9 Å². The van der Waals surface area contributed by atoms with Crippen LogP contribution in [0.15, 0.2) is 79.1 Å². The standard InChI is InChI=1S/C31H26Cl2N8O3/c32-21-8-10-25(41-16-20(15-35-41)31(43)44)18(13-21)7-11-26(42)36-24(12-17-4-2-1-3-5-17)30-37-27(28(33)38-30)19-6-9-22-23(14-19)39-40-29(22)34/h1-6,8-10,13-16,24H,7,11-12H2,(H,36,42)(H,37,38)(H,43,44)(H3,34,39,40)/t24-/m0/s1. The molecule has 0 radical (unpaired) electrons. The van der Waals surface area contributed by atoms with E-state index >= 15 is 0 Å². The number of fused-ring (bicyclic) bond motifs is 1. The molecule has 3 heterocycles. The first-order valence-corrected chi connectivity index (χ1v) is 14.4. The molecule has 3 aromatic carbocycles. The molecule has 0 fully saturated rings. The molecule has 44 heavy (non-hydrogen) atoms. The summed E-state index contributed by atoms with van der Waals surface area (Å²) in [6, 6.07) is 20.0. The molecule has 1 amide bonds. The molecule has 0 aliphatic carbocycles. The van der Waals surface area contributed by atoms with Crippen LogP contribution < -0.4 is 11.1 Å². The number of carbonyl (C=O) groups excluding carboxylic acids is 1. The molecule has 0 unspecified atom stereocenters. The summed E-state index contributed by atoms with van der Waals surface area (Å²) >= 11 is 12.9. The average Bonchev–Trinajstić information content (AvgIpc) is 3.75. The quantitative estimate of drug-likeness (QED) is 0.128. The van der Waals surface area contributed by atoms with Crippen molar-refractivity contribution in [1.82, 2.24) is 35.3 Å². The molecule has 6 N–H and O–H groups in total. The van der Waals surface area contributed by atoms with Gasteiger partial charge in [-0.3, -0.25) is 9.89 Å². The van der Waals surface area contributed by atoms with Gasteiger partial charge in [-0.05, 0) is 54.3 Å². The van der Waals surface area contributed by atoms with E-state index < -0.39 is 12.0 Å². The van der Waals surface area contributed by atoms with Crippen molar-refractivity contribution in [1.29, 1.82) is 0 Å². The Bertz CT molecular complexity index is 1980. The molecular formula is C31H26Cl2N8O3. The fraction of sp³-hybridized carbons (Fsp3) is 0.129. The summed E-state index contributed by atoms with van der Waals surface area (Å²) in [6.45, 7) is 0. The number of nitrogens with two attached hydrogens (primary N) is 1. The zero-order valence-corrected chi connectivity index (χ0v) is 24.6. The zero-order chi connectivity index (χ0) is 30.8. The number of carboxylic acids is 1. The van der Waals surface area contributed by atoms with Crippen LogP contribution in [0.25, 0.3) is 27.8 Å². The number of halogens is 2. The first kappa shape index (κ1) is 29.0. The van der Waals surface area contributed by atoms with E-state index in [1.807, 2.05) is 48.5 Å². The minimum absolute atomic E-state index is 0.0532. The first-order valence-electron chi connectivity index (χ1n) is 13.6. The van der Waals surface area contributed by atoms with E-state index in [0.29, 0.717) is 46.0 Å². The molecule has 0 saturated heterocycles. The van der Waals surface area contributed by atoms with Crippen molar-refractivity contribution in [3.8, 4) is 16.9 Å². The van der Waals surface area contributed by atoms with Gasteiger partial charge in [-0.15, -0.1) is 0 Å². The molecule has 0 saturated carbocycles. The minimum atomic E-state index is -1.08. The van der Waals surface area contributed by atoms with Crippen molar-refractivity contribution in [2.75, 3.05) is 5.73 Å². The fourth-order valence-corrected chi connectivity index (χ4v) is 5.48. The Hall–Kier alpha value is -5.13. The summed E-state index contributed by atoms with van der Waals surface area (Å²) in [5.41, 5.74) is 10.4. The van der Waals surface area contributed by atoms with E-state index in [4.69, 9.17) is 33.9 Å². The van der Waals surface area contributed by atoms with Crippen LogP contribution >= 0.6 is 23.2 Å².